The number of hydrogen-bond donors (Lipinski definition) is 2. The Kier molecular flexibility index (Phi) is 4.04. The van der Waals surface area contributed by atoms with Gasteiger partial charge in [-0.25, -0.2) is 4.98 Å². The highest BCUT2D eigenvalue weighted by Crippen LogP contribution is 2.25. The first kappa shape index (κ1) is 13.1. The lowest BCUT2D eigenvalue weighted by atomic mass is 9.89. The quantitative estimate of drug-likeness (QED) is 0.853. The largest absolute Gasteiger partial charge is 0.387 e. The van der Waals surface area contributed by atoms with Gasteiger partial charge in [0.2, 0.25) is 5.91 Å². The molecule has 0 aliphatic heterocycles. The normalized spacial score (nSPS) is 13.6. The van der Waals surface area contributed by atoms with Crippen LogP contribution in [0.3, 0.4) is 0 Å². The summed E-state index contributed by atoms with van der Waals surface area (Å²) in [7, 11) is 0. The number of aliphatic hydroxyl groups excluding tert-OH is 1. The number of rotatable bonds is 4. The molecule has 0 saturated heterocycles. The van der Waals surface area contributed by atoms with Crippen LogP contribution in [0.4, 0.5) is 5.13 Å². The molecule has 4 nitrogen and oxygen atoms in total. The Labute approximate surface area is 99.7 Å². The molecular weight excluding hydrogens is 224 g/mol. The van der Waals surface area contributed by atoms with Crippen molar-refractivity contribution in [3.63, 3.8) is 0 Å². The second kappa shape index (κ2) is 4.93. The molecule has 0 spiro atoms. The van der Waals surface area contributed by atoms with Crippen LogP contribution in [0.25, 0.3) is 0 Å². The Morgan fingerprint density at radius 1 is 1.69 bits per heavy atom. The Hall–Kier alpha value is -0.940. The molecule has 0 fully saturated rings. The number of aliphatic hydroxyl groups is 1. The molecule has 1 aromatic rings. The number of anilines is 1. The van der Waals surface area contributed by atoms with Gasteiger partial charge < -0.3 is 10.4 Å². The van der Waals surface area contributed by atoms with Crippen LogP contribution in [-0.4, -0.2) is 16.0 Å². The third-order valence-corrected chi connectivity index (χ3v) is 3.44. The second-order valence-electron chi connectivity index (χ2n) is 4.45. The predicted octanol–water partition coefficient (Wildman–Crippen LogP) is 2.57. The van der Waals surface area contributed by atoms with Gasteiger partial charge in [-0.15, -0.1) is 11.3 Å². The molecule has 1 atom stereocenters. The number of aromatic nitrogens is 1. The number of carbonyl (C=O) groups excluding carboxylic acids is 1. The van der Waals surface area contributed by atoms with Gasteiger partial charge in [-0.1, -0.05) is 20.8 Å². The highest BCUT2D eigenvalue weighted by molar-refractivity contribution is 7.13. The fraction of sp³-hybridized carbons (Fsp3) is 0.636. The summed E-state index contributed by atoms with van der Waals surface area (Å²) in [5.74, 6) is -0.0403. The van der Waals surface area contributed by atoms with Gasteiger partial charge in [0, 0.05) is 10.8 Å². The van der Waals surface area contributed by atoms with Gasteiger partial charge in [-0.2, -0.15) is 0 Å². The summed E-state index contributed by atoms with van der Waals surface area (Å²) in [6.45, 7) is 7.41. The van der Waals surface area contributed by atoms with E-state index in [0.717, 1.165) is 6.42 Å². The molecule has 0 saturated carbocycles. The molecule has 16 heavy (non-hydrogen) atoms. The Morgan fingerprint density at radius 3 is 2.75 bits per heavy atom. The molecule has 0 aliphatic rings. The fourth-order valence-corrected chi connectivity index (χ4v) is 1.75. The van der Waals surface area contributed by atoms with E-state index in [0.29, 0.717) is 10.8 Å². The molecule has 90 valence electrons. The number of hydrogen-bond acceptors (Lipinski definition) is 4. The molecule has 1 rings (SSSR count). The maximum Gasteiger partial charge on any atom is 0.231 e. The van der Waals surface area contributed by atoms with Gasteiger partial charge in [0.1, 0.15) is 0 Å². The van der Waals surface area contributed by atoms with Crippen LogP contribution in [0.1, 0.15) is 45.9 Å². The summed E-state index contributed by atoms with van der Waals surface area (Å²) in [6.07, 6.45) is 0.175. The minimum absolute atomic E-state index is 0.0403. The molecule has 1 amide bonds. The summed E-state index contributed by atoms with van der Waals surface area (Å²) >= 11 is 1.33. The molecule has 0 bridgehead atoms. The Balaban J connectivity index is 2.70. The van der Waals surface area contributed by atoms with Gasteiger partial charge >= 0.3 is 0 Å². The van der Waals surface area contributed by atoms with E-state index in [4.69, 9.17) is 0 Å². The first-order valence-electron chi connectivity index (χ1n) is 5.31. The van der Waals surface area contributed by atoms with E-state index >= 15 is 0 Å². The molecular formula is C11H18N2O2S. The third kappa shape index (κ3) is 3.02. The van der Waals surface area contributed by atoms with E-state index in [1.54, 1.807) is 12.3 Å². The van der Waals surface area contributed by atoms with Crippen molar-refractivity contribution in [3.8, 4) is 0 Å². The highest BCUT2D eigenvalue weighted by Gasteiger charge is 2.26. The zero-order chi connectivity index (χ0) is 12.3. The van der Waals surface area contributed by atoms with Gasteiger partial charge in [-0.3, -0.25) is 4.79 Å². The third-order valence-electron chi connectivity index (χ3n) is 2.67. The van der Waals surface area contributed by atoms with Crippen LogP contribution in [0, 0.1) is 5.41 Å². The maximum absolute atomic E-state index is 11.8. The van der Waals surface area contributed by atoms with Crippen LogP contribution in [0.2, 0.25) is 0 Å². The standard InChI is InChI=1S/C11H18N2O2S/c1-5-11(3,4)9(15)13-10-12-8(6-16-10)7(2)14/h6-7,14H,5H2,1-4H3,(H,12,13,15). The SMILES string of the molecule is CCC(C)(C)C(=O)Nc1nc(C(C)O)cs1. The Bertz CT molecular complexity index is 372. The van der Waals surface area contributed by atoms with Gasteiger partial charge in [0.25, 0.3) is 0 Å². The Morgan fingerprint density at radius 2 is 2.31 bits per heavy atom. The van der Waals surface area contributed by atoms with Gasteiger partial charge in [-0.05, 0) is 13.3 Å². The first-order valence-corrected chi connectivity index (χ1v) is 6.19. The minimum atomic E-state index is -0.596. The van der Waals surface area contributed by atoms with Crippen molar-refractivity contribution < 1.29 is 9.90 Å². The summed E-state index contributed by atoms with van der Waals surface area (Å²) in [5.41, 5.74) is 0.200. The van der Waals surface area contributed by atoms with Crippen LogP contribution in [0.15, 0.2) is 5.38 Å². The van der Waals surface area contributed by atoms with E-state index in [9.17, 15) is 9.90 Å². The lowest BCUT2D eigenvalue weighted by Crippen LogP contribution is -2.29. The lowest BCUT2D eigenvalue weighted by molar-refractivity contribution is -0.124. The fourth-order valence-electron chi connectivity index (χ4n) is 0.962. The zero-order valence-corrected chi connectivity index (χ0v) is 10.9. The molecule has 0 aromatic carbocycles. The topological polar surface area (TPSA) is 62.2 Å². The van der Waals surface area contributed by atoms with Crippen molar-refractivity contribution in [3.05, 3.63) is 11.1 Å². The molecule has 2 N–H and O–H groups in total. The predicted molar refractivity (Wildman–Crippen MR) is 65.4 cm³/mol. The smallest absolute Gasteiger partial charge is 0.231 e. The minimum Gasteiger partial charge on any atom is -0.387 e. The van der Waals surface area contributed by atoms with Crippen LogP contribution in [0.5, 0.6) is 0 Å². The van der Waals surface area contributed by atoms with E-state index in [1.165, 1.54) is 11.3 Å². The summed E-state index contributed by atoms with van der Waals surface area (Å²) in [5, 5.41) is 14.4. The average Bonchev–Trinajstić information content (AvgIpc) is 2.66. The van der Waals surface area contributed by atoms with Crippen molar-refractivity contribution in [1.29, 1.82) is 0 Å². The molecule has 1 unspecified atom stereocenters. The van der Waals surface area contributed by atoms with Crippen molar-refractivity contribution in [1.82, 2.24) is 4.98 Å². The second-order valence-corrected chi connectivity index (χ2v) is 5.30. The van der Waals surface area contributed by atoms with E-state index < -0.39 is 11.5 Å². The molecule has 1 aromatic heterocycles. The number of nitrogens with one attached hydrogen (secondary N) is 1. The van der Waals surface area contributed by atoms with Gasteiger partial charge in [0.05, 0.1) is 11.8 Å². The summed E-state index contributed by atoms with van der Waals surface area (Å²) in [4.78, 5) is 16.0. The number of carbonyl (C=O) groups is 1. The van der Waals surface area contributed by atoms with Crippen LogP contribution < -0.4 is 5.32 Å². The van der Waals surface area contributed by atoms with Crippen molar-refractivity contribution in [2.75, 3.05) is 5.32 Å². The first-order chi connectivity index (χ1) is 7.36. The number of nitrogens with zero attached hydrogens (tertiary/aromatic N) is 1. The maximum atomic E-state index is 11.8. The highest BCUT2D eigenvalue weighted by atomic mass is 32.1. The average molecular weight is 242 g/mol. The summed E-state index contributed by atoms with van der Waals surface area (Å²) in [6, 6.07) is 0. The molecule has 0 aliphatic carbocycles. The number of amides is 1. The molecule has 0 radical (unpaired) electrons. The van der Waals surface area contributed by atoms with Crippen LogP contribution in [-0.2, 0) is 4.79 Å². The summed E-state index contributed by atoms with van der Waals surface area (Å²) < 4.78 is 0. The van der Waals surface area contributed by atoms with Gasteiger partial charge in [0.15, 0.2) is 5.13 Å². The molecule has 1 heterocycles. The molecule has 5 heteroatoms. The number of thiazole rings is 1. The lowest BCUT2D eigenvalue weighted by Gasteiger charge is -2.20. The van der Waals surface area contributed by atoms with E-state index in [2.05, 4.69) is 10.3 Å². The monoisotopic (exact) mass is 242 g/mol. The van der Waals surface area contributed by atoms with E-state index in [-0.39, 0.29) is 5.91 Å². The van der Waals surface area contributed by atoms with Crippen molar-refractivity contribution >= 4 is 22.4 Å². The van der Waals surface area contributed by atoms with Crippen molar-refractivity contribution in [2.24, 2.45) is 5.41 Å². The van der Waals surface area contributed by atoms with Crippen LogP contribution >= 0.6 is 11.3 Å². The zero-order valence-electron chi connectivity index (χ0n) is 10.1. The van der Waals surface area contributed by atoms with E-state index in [1.807, 2.05) is 20.8 Å². The van der Waals surface area contributed by atoms with Crippen molar-refractivity contribution in [2.45, 2.75) is 40.2 Å².